The third kappa shape index (κ3) is 53.5. The molecule has 0 aromatic rings. The molecule has 2 unspecified atom stereocenters. The van der Waals surface area contributed by atoms with Gasteiger partial charge in [-0.1, -0.05) is 282 Å². The molecule has 0 fully saturated rings. The topological polar surface area (TPSA) is 95.9 Å². The summed E-state index contributed by atoms with van der Waals surface area (Å²) in [5.41, 5.74) is 0. The van der Waals surface area contributed by atoms with Crippen molar-refractivity contribution in [3.05, 3.63) is 24.3 Å². The first-order valence-corrected chi connectivity index (χ1v) is 30.1. The molecule has 396 valence electrons. The molecule has 0 aliphatic heterocycles. The quantitative estimate of drug-likeness (QED) is 0.0321. The largest absolute Gasteiger partial charge is 0.466 e. The highest BCUT2D eigenvalue weighted by molar-refractivity contribution is 5.76. The van der Waals surface area contributed by atoms with E-state index >= 15 is 0 Å². The zero-order chi connectivity index (χ0) is 48.6. The van der Waals surface area contributed by atoms with Crippen LogP contribution in [0.3, 0.4) is 0 Å². The zero-order valence-corrected chi connectivity index (χ0v) is 45.1. The van der Waals surface area contributed by atoms with E-state index in [4.69, 9.17) is 4.74 Å². The molecule has 67 heavy (non-hydrogen) atoms. The molecule has 0 rings (SSSR count). The first kappa shape index (κ1) is 65.3. The fourth-order valence-electron chi connectivity index (χ4n) is 9.34. The SMILES string of the molecule is CCCCCCCCCC/C=C/C(O)C(CO)NC(=O)CCCCCCCCC/C=C\CCCCCCCCCCCCOC(=O)CCCCCCCCCCCCCCCCCCCCC. The molecule has 0 saturated carbocycles. The molecule has 0 aliphatic rings. The van der Waals surface area contributed by atoms with Gasteiger partial charge in [0.15, 0.2) is 0 Å². The molecular formula is C61H117NO5. The molecule has 0 aliphatic carbocycles. The molecule has 0 spiro atoms. The number of ether oxygens (including phenoxy) is 1. The van der Waals surface area contributed by atoms with Crippen molar-refractivity contribution in [1.29, 1.82) is 0 Å². The number of aliphatic hydroxyl groups is 2. The molecule has 0 aromatic carbocycles. The summed E-state index contributed by atoms with van der Waals surface area (Å²) in [7, 11) is 0. The summed E-state index contributed by atoms with van der Waals surface area (Å²) in [4.78, 5) is 24.5. The fourth-order valence-corrected chi connectivity index (χ4v) is 9.34. The number of carbonyl (C=O) groups is 2. The lowest BCUT2D eigenvalue weighted by atomic mass is 10.0. The lowest BCUT2D eigenvalue weighted by molar-refractivity contribution is -0.143. The van der Waals surface area contributed by atoms with Crippen LogP contribution in [0.15, 0.2) is 24.3 Å². The van der Waals surface area contributed by atoms with E-state index in [1.54, 1.807) is 6.08 Å². The highest BCUT2D eigenvalue weighted by atomic mass is 16.5. The lowest BCUT2D eigenvalue weighted by Crippen LogP contribution is -2.45. The van der Waals surface area contributed by atoms with Crippen molar-refractivity contribution in [2.75, 3.05) is 13.2 Å². The smallest absolute Gasteiger partial charge is 0.305 e. The summed E-state index contributed by atoms with van der Waals surface area (Å²) in [5, 5.41) is 23.0. The molecule has 2 atom stereocenters. The van der Waals surface area contributed by atoms with Crippen LogP contribution in [0.2, 0.25) is 0 Å². The maximum Gasteiger partial charge on any atom is 0.305 e. The van der Waals surface area contributed by atoms with Crippen LogP contribution in [0.5, 0.6) is 0 Å². The third-order valence-corrected chi connectivity index (χ3v) is 14.0. The van der Waals surface area contributed by atoms with Gasteiger partial charge >= 0.3 is 5.97 Å². The molecule has 0 aromatic heterocycles. The average molecular weight is 945 g/mol. The highest BCUT2D eigenvalue weighted by Gasteiger charge is 2.18. The van der Waals surface area contributed by atoms with Crippen molar-refractivity contribution >= 4 is 11.9 Å². The standard InChI is InChI=1S/C61H117NO5/c1-3-5-7-9-11-13-15-16-17-18-22-26-29-32-35-39-43-47-51-55-61(66)67-56-52-48-44-40-36-33-30-27-24-21-19-20-23-25-28-31-34-38-42-46-50-54-60(65)62-58(57-63)59(64)53-49-45-41-37-14-12-10-8-6-4-2/h20,23,49,53,58-59,63-64H,3-19,21-22,24-48,50-52,54-57H2,1-2H3,(H,62,65)/b23-20-,53-49+. The third-order valence-electron chi connectivity index (χ3n) is 14.0. The normalized spacial score (nSPS) is 12.7. The van der Waals surface area contributed by atoms with E-state index in [9.17, 15) is 19.8 Å². The van der Waals surface area contributed by atoms with Crippen LogP contribution in [-0.4, -0.2) is 47.4 Å². The highest BCUT2D eigenvalue weighted by Crippen LogP contribution is 2.17. The minimum Gasteiger partial charge on any atom is -0.466 e. The number of rotatable bonds is 56. The monoisotopic (exact) mass is 944 g/mol. The summed E-state index contributed by atoms with van der Waals surface area (Å²) < 4.78 is 5.50. The number of hydrogen-bond donors (Lipinski definition) is 3. The summed E-state index contributed by atoms with van der Waals surface area (Å²) in [6.45, 7) is 4.89. The summed E-state index contributed by atoms with van der Waals surface area (Å²) in [5.74, 6) is -0.0647. The Kier molecular flexibility index (Phi) is 55.5. The molecule has 6 nitrogen and oxygen atoms in total. The van der Waals surface area contributed by atoms with E-state index in [-0.39, 0.29) is 18.5 Å². The van der Waals surface area contributed by atoms with Gasteiger partial charge < -0.3 is 20.3 Å². The maximum absolute atomic E-state index is 12.4. The second-order valence-electron chi connectivity index (χ2n) is 20.7. The zero-order valence-electron chi connectivity index (χ0n) is 45.1. The van der Waals surface area contributed by atoms with Gasteiger partial charge in [-0.15, -0.1) is 0 Å². The Hall–Kier alpha value is -1.66. The number of allylic oxidation sites excluding steroid dienone is 3. The Morgan fingerprint density at radius 2 is 0.701 bits per heavy atom. The van der Waals surface area contributed by atoms with Crippen LogP contribution in [0.4, 0.5) is 0 Å². The van der Waals surface area contributed by atoms with Crippen molar-refractivity contribution in [2.45, 2.75) is 341 Å². The van der Waals surface area contributed by atoms with Crippen molar-refractivity contribution in [2.24, 2.45) is 0 Å². The molecule has 0 bridgehead atoms. The van der Waals surface area contributed by atoms with Crippen molar-refractivity contribution in [1.82, 2.24) is 5.32 Å². The summed E-state index contributed by atoms with van der Waals surface area (Å²) in [6.07, 6.45) is 69.4. The van der Waals surface area contributed by atoms with E-state index in [2.05, 4.69) is 31.3 Å². The van der Waals surface area contributed by atoms with E-state index in [1.807, 2.05) is 6.08 Å². The van der Waals surface area contributed by atoms with Gasteiger partial charge in [-0.2, -0.15) is 0 Å². The molecule has 3 N–H and O–H groups in total. The van der Waals surface area contributed by atoms with Crippen LogP contribution in [0, 0.1) is 0 Å². The van der Waals surface area contributed by atoms with Gasteiger partial charge in [0.05, 0.1) is 25.4 Å². The average Bonchev–Trinajstić information content (AvgIpc) is 3.33. The number of esters is 1. The molecule has 1 amide bonds. The van der Waals surface area contributed by atoms with Crippen molar-refractivity contribution in [3.8, 4) is 0 Å². The number of amides is 1. The first-order chi connectivity index (χ1) is 33.0. The predicted molar refractivity (Wildman–Crippen MR) is 292 cm³/mol. The van der Waals surface area contributed by atoms with E-state index in [0.717, 1.165) is 44.9 Å². The van der Waals surface area contributed by atoms with Gasteiger partial charge in [-0.3, -0.25) is 9.59 Å². The van der Waals surface area contributed by atoms with Gasteiger partial charge in [0.2, 0.25) is 5.91 Å². The van der Waals surface area contributed by atoms with Crippen LogP contribution < -0.4 is 5.32 Å². The molecule has 6 heteroatoms. The van der Waals surface area contributed by atoms with E-state index < -0.39 is 12.1 Å². The molecule has 0 saturated heterocycles. The summed E-state index contributed by atoms with van der Waals surface area (Å²) >= 11 is 0. The summed E-state index contributed by atoms with van der Waals surface area (Å²) in [6, 6.07) is -0.631. The number of hydrogen-bond acceptors (Lipinski definition) is 5. The van der Waals surface area contributed by atoms with Crippen LogP contribution in [0.25, 0.3) is 0 Å². The van der Waals surface area contributed by atoms with Gasteiger partial charge in [0.25, 0.3) is 0 Å². The fraction of sp³-hybridized carbons (Fsp3) is 0.902. The van der Waals surface area contributed by atoms with E-state index in [1.165, 1.54) is 257 Å². The Morgan fingerprint density at radius 3 is 1.06 bits per heavy atom. The van der Waals surface area contributed by atoms with Gasteiger partial charge in [0.1, 0.15) is 0 Å². The van der Waals surface area contributed by atoms with Gasteiger partial charge in [-0.05, 0) is 57.8 Å². The number of aliphatic hydroxyl groups excluding tert-OH is 2. The van der Waals surface area contributed by atoms with Crippen LogP contribution in [0.1, 0.15) is 328 Å². The molecule has 0 radical (unpaired) electrons. The molecule has 0 heterocycles. The van der Waals surface area contributed by atoms with Gasteiger partial charge in [0, 0.05) is 12.8 Å². The van der Waals surface area contributed by atoms with Crippen LogP contribution in [-0.2, 0) is 14.3 Å². The number of carbonyl (C=O) groups excluding carboxylic acids is 2. The van der Waals surface area contributed by atoms with Crippen molar-refractivity contribution in [3.63, 3.8) is 0 Å². The number of unbranched alkanes of at least 4 members (excludes halogenated alkanes) is 43. The lowest BCUT2D eigenvalue weighted by Gasteiger charge is -2.20. The van der Waals surface area contributed by atoms with E-state index in [0.29, 0.717) is 19.4 Å². The van der Waals surface area contributed by atoms with Crippen LogP contribution >= 0.6 is 0 Å². The minimum atomic E-state index is -0.847. The Bertz CT molecular complexity index is 1040. The Balaban J connectivity index is 3.38. The second-order valence-corrected chi connectivity index (χ2v) is 20.7. The van der Waals surface area contributed by atoms with Gasteiger partial charge in [-0.25, -0.2) is 0 Å². The number of nitrogens with one attached hydrogen (secondary N) is 1. The predicted octanol–water partition coefficient (Wildman–Crippen LogP) is 18.6. The minimum absolute atomic E-state index is 0.0124. The van der Waals surface area contributed by atoms with Crippen molar-refractivity contribution < 1.29 is 24.5 Å². The second kappa shape index (κ2) is 56.9. The maximum atomic E-state index is 12.4. The molecular weight excluding hydrogens is 827 g/mol. The Morgan fingerprint density at radius 1 is 0.403 bits per heavy atom. The Labute approximate surface area is 418 Å². The first-order valence-electron chi connectivity index (χ1n) is 30.1.